The van der Waals surface area contributed by atoms with Crippen molar-refractivity contribution in [2.45, 2.75) is 42.5 Å². The Morgan fingerprint density at radius 3 is 2.62 bits per heavy atom. The lowest BCUT2D eigenvalue weighted by Gasteiger charge is -2.30. The maximum absolute atomic E-state index is 12.6. The minimum atomic E-state index is -3.20. The predicted molar refractivity (Wildman–Crippen MR) is 90.8 cm³/mol. The molecular weight excluding hydrogens is 326 g/mol. The Morgan fingerprint density at radius 1 is 1.21 bits per heavy atom. The second kappa shape index (κ2) is 5.82. The fourth-order valence-electron chi connectivity index (χ4n) is 4.02. The molecule has 3 fully saturated rings. The van der Waals surface area contributed by atoms with Crippen LogP contribution in [-0.4, -0.2) is 49.6 Å². The summed E-state index contributed by atoms with van der Waals surface area (Å²) in [4.78, 5) is 14.7. The van der Waals surface area contributed by atoms with Gasteiger partial charge >= 0.3 is 0 Å². The topological polar surface area (TPSA) is 78.5 Å². The summed E-state index contributed by atoms with van der Waals surface area (Å²) < 4.78 is 26.9. The summed E-state index contributed by atoms with van der Waals surface area (Å²) >= 11 is 0. The van der Waals surface area contributed by atoms with Crippen LogP contribution >= 0.6 is 0 Å². The van der Waals surface area contributed by atoms with E-state index in [1.807, 2.05) is 30.3 Å². The molecule has 1 aromatic rings. The van der Waals surface area contributed by atoms with Gasteiger partial charge in [0.15, 0.2) is 0 Å². The number of carbonyl (C=O) groups excluding carboxylic acids is 1. The monoisotopic (exact) mass is 349 g/mol. The molecule has 0 aromatic heterocycles. The van der Waals surface area contributed by atoms with Crippen LogP contribution < -0.4 is 10.0 Å². The maximum atomic E-state index is 12.6. The molecule has 2 atom stereocenters. The average molecular weight is 349 g/mol. The van der Waals surface area contributed by atoms with Crippen molar-refractivity contribution in [3.05, 3.63) is 35.9 Å². The fourth-order valence-corrected chi connectivity index (χ4v) is 5.93. The molecule has 3 aliphatic rings. The Bertz CT molecular complexity index is 731. The van der Waals surface area contributed by atoms with Crippen LogP contribution in [-0.2, 0) is 14.8 Å². The van der Waals surface area contributed by atoms with Gasteiger partial charge in [0.1, 0.15) is 6.04 Å². The van der Waals surface area contributed by atoms with E-state index in [2.05, 4.69) is 14.9 Å². The van der Waals surface area contributed by atoms with Gasteiger partial charge in [-0.3, -0.25) is 9.69 Å². The Kier molecular flexibility index (Phi) is 3.89. The highest BCUT2D eigenvalue weighted by molar-refractivity contribution is 7.91. The quantitative estimate of drug-likeness (QED) is 0.845. The largest absolute Gasteiger partial charge is 0.354 e. The van der Waals surface area contributed by atoms with E-state index >= 15 is 0 Å². The first-order chi connectivity index (χ1) is 11.5. The molecule has 0 radical (unpaired) electrons. The van der Waals surface area contributed by atoms with Crippen molar-refractivity contribution in [3.8, 4) is 0 Å². The van der Waals surface area contributed by atoms with Crippen molar-refractivity contribution in [3.63, 3.8) is 0 Å². The molecule has 2 unspecified atom stereocenters. The smallest absolute Gasteiger partial charge is 0.241 e. The van der Waals surface area contributed by atoms with Crippen molar-refractivity contribution in [2.75, 3.05) is 19.6 Å². The standard InChI is InChI=1S/C17H23N3O3S/c21-16-15(13-5-2-1-3-6-13)20(10-4-9-18-16)12-14-11-17(7-8-17)24(22,23)19-14/h1-3,5-6,14-15,19H,4,7-12H2,(H,18,21). The second-order valence-corrected chi connectivity index (χ2v) is 9.27. The Labute approximate surface area is 142 Å². The van der Waals surface area contributed by atoms with Gasteiger partial charge in [0, 0.05) is 25.7 Å². The lowest BCUT2D eigenvalue weighted by Crippen LogP contribution is -2.43. The number of rotatable bonds is 3. The number of nitrogens with one attached hydrogen (secondary N) is 2. The van der Waals surface area contributed by atoms with Crippen LogP contribution in [0, 0.1) is 0 Å². The van der Waals surface area contributed by atoms with Gasteiger partial charge in [0.05, 0.1) is 4.75 Å². The van der Waals surface area contributed by atoms with E-state index in [1.54, 1.807) is 0 Å². The van der Waals surface area contributed by atoms with E-state index in [9.17, 15) is 13.2 Å². The van der Waals surface area contributed by atoms with E-state index in [0.29, 0.717) is 19.5 Å². The number of hydrogen-bond acceptors (Lipinski definition) is 4. The van der Waals surface area contributed by atoms with Gasteiger partial charge < -0.3 is 5.32 Å². The van der Waals surface area contributed by atoms with Gasteiger partial charge in [0.2, 0.25) is 15.9 Å². The predicted octanol–water partition coefficient (Wildman–Crippen LogP) is 0.774. The van der Waals surface area contributed by atoms with Crippen LogP contribution in [0.2, 0.25) is 0 Å². The maximum Gasteiger partial charge on any atom is 0.241 e. The van der Waals surface area contributed by atoms with E-state index in [4.69, 9.17) is 0 Å². The Balaban J connectivity index is 1.56. The minimum Gasteiger partial charge on any atom is -0.354 e. The van der Waals surface area contributed by atoms with Gasteiger partial charge in [-0.15, -0.1) is 0 Å². The van der Waals surface area contributed by atoms with E-state index in [-0.39, 0.29) is 18.0 Å². The van der Waals surface area contributed by atoms with Gasteiger partial charge in [-0.1, -0.05) is 30.3 Å². The summed E-state index contributed by atoms with van der Waals surface area (Å²) in [5.41, 5.74) is 0.957. The summed E-state index contributed by atoms with van der Waals surface area (Å²) in [5, 5.41) is 2.97. The van der Waals surface area contributed by atoms with Gasteiger partial charge in [0.25, 0.3) is 0 Å². The first kappa shape index (κ1) is 16.1. The first-order valence-electron chi connectivity index (χ1n) is 8.59. The zero-order valence-electron chi connectivity index (χ0n) is 13.6. The second-order valence-electron chi connectivity index (χ2n) is 7.16. The zero-order chi connectivity index (χ0) is 16.8. The molecule has 1 spiro atoms. The molecule has 7 heteroatoms. The molecule has 4 rings (SSSR count). The van der Waals surface area contributed by atoms with Crippen LogP contribution in [0.5, 0.6) is 0 Å². The molecule has 24 heavy (non-hydrogen) atoms. The average Bonchev–Trinajstić information content (AvgIpc) is 3.30. The highest BCUT2D eigenvalue weighted by Crippen LogP contribution is 2.50. The van der Waals surface area contributed by atoms with Crippen LogP contribution in [0.25, 0.3) is 0 Å². The summed E-state index contributed by atoms with van der Waals surface area (Å²) in [6.45, 7) is 2.02. The minimum absolute atomic E-state index is 0.000638. The highest BCUT2D eigenvalue weighted by atomic mass is 32.2. The molecule has 1 aromatic carbocycles. The molecule has 2 heterocycles. The molecule has 0 bridgehead atoms. The summed E-state index contributed by atoms with van der Waals surface area (Å²) in [7, 11) is -3.20. The van der Waals surface area contributed by atoms with Gasteiger partial charge in [-0.2, -0.15) is 0 Å². The van der Waals surface area contributed by atoms with Crippen molar-refractivity contribution in [1.29, 1.82) is 0 Å². The number of hydrogen-bond donors (Lipinski definition) is 2. The molecule has 1 saturated carbocycles. The number of nitrogens with zero attached hydrogens (tertiary/aromatic N) is 1. The van der Waals surface area contributed by atoms with Gasteiger partial charge in [-0.25, -0.2) is 13.1 Å². The van der Waals surface area contributed by atoms with Crippen LogP contribution in [0.4, 0.5) is 0 Å². The van der Waals surface area contributed by atoms with Crippen molar-refractivity contribution in [2.24, 2.45) is 0 Å². The zero-order valence-corrected chi connectivity index (χ0v) is 14.4. The fraction of sp³-hybridized carbons (Fsp3) is 0.588. The molecule has 6 nitrogen and oxygen atoms in total. The lowest BCUT2D eigenvalue weighted by atomic mass is 10.0. The van der Waals surface area contributed by atoms with Crippen LogP contribution in [0.3, 0.4) is 0 Å². The number of carbonyl (C=O) groups is 1. The Morgan fingerprint density at radius 2 is 1.96 bits per heavy atom. The third-order valence-electron chi connectivity index (χ3n) is 5.42. The molecular formula is C17H23N3O3S. The Hall–Kier alpha value is -1.44. The van der Waals surface area contributed by atoms with Crippen LogP contribution in [0.1, 0.15) is 37.3 Å². The molecule has 2 N–H and O–H groups in total. The number of amides is 1. The van der Waals surface area contributed by atoms with Crippen LogP contribution in [0.15, 0.2) is 30.3 Å². The third-order valence-corrected chi connectivity index (χ3v) is 7.78. The summed E-state index contributed by atoms with van der Waals surface area (Å²) in [6, 6.07) is 9.27. The number of benzene rings is 1. The SMILES string of the molecule is O=C1NCCCN(CC2CC3(CC3)S(=O)(=O)N2)C1c1ccccc1. The lowest BCUT2D eigenvalue weighted by molar-refractivity contribution is -0.125. The molecule has 130 valence electrons. The normalized spacial score (nSPS) is 31.6. The van der Waals surface area contributed by atoms with E-state index < -0.39 is 14.8 Å². The molecule has 1 amide bonds. The summed E-state index contributed by atoms with van der Waals surface area (Å²) in [5.74, 6) is 0.000638. The molecule has 1 aliphatic carbocycles. The molecule has 2 saturated heterocycles. The summed E-state index contributed by atoms with van der Waals surface area (Å²) in [6.07, 6.45) is 3.07. The molecule has 2 aliphatic heterocycles. The van der Waals surface area contributed by atoms with Gasteiger partial charge in [-0.05, 0) is 31.2 Å². The first-order valence-corrected chi connectivity index (χ1v) is 10.1. The number of sulfonamides is 1. The third kappa shape index (κ3) is 2.74. The van der Waals surface area contributed by atoms with Crippen molar-refractivity contribution in [1.82, 2.24) is 14.9 Å². The highest BCUT2D eigenvalue weighted by Gasteiger charge is 2.60. The van der Waals surface area contributed by atoms with Crippen molar-refractivity contribution >= 4 is 15.9 Å². The van der Waals surface area contributed by atoms with E-state index in [1.165, 1.54) is 0 Å². The van der Waals surface area contributed by atoms with Crippen molar-refractivity contribution < 1.29 is 13.2 Å². The van der Waals surface area contributed by atoms with E-state index in [0.717, 1.165) is 31.4 Å².